The average Bonchev–Trinajstić information content (AvgIpc) is 2.09. The Balaban J connectivity index is 3.09. The molecule has 3 heteroatoms. The molecule has 0 aromatic rings. The van der Waals surface area contributed by atoms with Crippen molar-refractivity contribution in [2.75, 3.05) is 13.2 Å². The second-order valence-corrected chi connectivity index (χ2v) is 2.98. The van der Waals surface area contributed by atoms with E-state index in [-0.39, 0.29) is 6.61 Å². The molecular formula is C9H18N2O. The average molecular weight is 170 g/mol. The summed E-state index contributed by atoms with van der Waals surface area (Å²) in [6, 6.07) is 2.56. The van der Waals surface area contributed by atoms with Crippen molar-refractivity contribution in [1.29, 1.82) is 5.26 Å². The Labute approximate surface area is 74.4 Å². The first kappa shape index (κ1) is 11.4. The zero-order chi connectivity index (χ0) is 9.23. The molecular weight excluding hydrogens is 152 g/mol. The quantitative estimate of drug-likeness (QED) is 0.561. The fraction of sp³-hybridized carbons (Fsp3) is 0.889. The van der Waals surface area contributed by atoms with Gasteiger partial charge in [-0.3, -0.25) is 0 Å². The van der Waals surface area contributed by atoms with Gasteiger partial charge in [-0.1, -0.05) is 0 Å². The SMILES string of the molecule is CC(CCCO)NCCCC#N. The molecule has 2 N–H and O–H groups in total. The van der Waals surface area contributed by atoms with E-state index >= 15 is 0 Å². The summed E-state index contributed by atoms with van der Waals surface area (Å²) < 4.78 is 0. The Morgan fingerprint density at radius 2 is 2.25 bits per heavy atom. The summed E-state index contributed by atoms with van der Waals surface area (Å²) in [7, 11) is 0. The van der Waals surface area contributed by atoms with Gasteiger partial charge in [-0.05, 0) is 32.7 Å². The lowest BCUT2D eigenvalue weighted by Crippen LogP contribution is -2.27. The van der Waals surface area contributed by atoms with Crippen LogP contribution < -0.4 is 5.32 Å². The molecule has 1 atom stereocenters. The molecule has 0 aliphatic heterocycles. The van der Waals surface area contributed by atoms with Gasteiger partial charge in [0.2, 0.25) is 0 Å². The Morgan fingerprint density at radius 1 is 1.50 bits per heavy atom. The first-order valence-electron chi connectivity index (χ1n) is 4.52. The summed E-state index contributed by atoms with van der Waals surface area (Å²) >= 11 is 0. The van der Waals surface area contributed by atoms with Crippen LogP contribution in [0.4, 0.5) is 0 Å². The molecule has 0 fully saturated rings. The maximum absolute atomic E-state index is 8.55. The predicted molar refractivity (Wildman–Crippen MR) is 48.6 cm³/mol. The molecule has 0 radical (unpaired) electrons. The molecule has 3 nitrogen and oxygen atoms in total. The maximum atomic E-state index is 8.55. The molecule has 0 saturated carbocycles. The van der Waals surface area contributed by atoms with Crippen LogP contribution >= 0.6 is 0 Å². The molecule has 0 aliphatic carbocycles. The molecule has 12 heavy (non-hydrogen) atoms. The van der Waals surface area contributed by atoms with Crippen LogP contribution in [-0.4, -0.2) is 24.3 Å². The lowest BCUT2D eigenvalue weighted by Gasteiger charge is -2.11. The molecule has 70 valence electrons. The van der Waals surface area contributed by atoms with Crippen molar-refractivity contribution < 1.29 is 5.11 Å². The number of nitriles is 1. The third-order valence-corrected chi connectivity index (χ3v) is 1.75. The Morgan fingerprint density at radius 3 is 2.83 bits per heavy atom. The van der Waals surface area contributed by atoms with Crippen LogP contribution in [0, 0.1) is 11.3 Å². The van der Waals surface area contributed by atoms with E-state index in [0.717, 1.165) is 25.8 Å². The minimum absolute atomic E-state index is 0.268. The van der Waals surface area contributed by atoms with E-state index in [1.165, 1.54) is 0 Å². The van der Waals surface area contributed by atoms with Crippen LogP contribution in [0.2, 0.25) is 0 Å². The largest absolute Gasteiger partial charge is 0.396 e. The minimum Gasteiger partial charge on any atom is -0.396 e. The van der Waals surface area contributed by atoms with Gasteiger partial charge in [0.1, 0.15) is 0 Å². The van der Waals surface area contributed by atoms with Gasteiger partial charge in [0, 0.05) is 19.1 Å². The van der Waals surface area contributed by atoms with Gasteiger partial charge in [0.25, 0.3) is 0 Å². The molecule has 0 aromatic carbocycles. The van der Waals surface area contributed by atoms with Crippen molar-refractivity contribution >= 4 is 0 Å². The predicted octanol–water partition coefficient (Wildman–Crippen LogP) is 1.04. The molecule has 0 aliphatic rings. The number of aliphatic hydroxyl groups is 1. The number of rotatable bonds is 7. The number of unbranched alkanes of at least 4 members (excludes halogenated alkanes) is 1. The highest BCUT2D eigenvalue weighted by Crippen LogP contribution is 1.95. The lowest BCUT2D eigenvalue weighted by molar-refractivity contribution is 0.276. The standard InChI is InChI=1S/C9H18N2O/c1-9(5-4-8-12)11-7-3-2-6-10/h9,11-12H,2-5,7-8H2,1H3. The highest BCUT2D eigenvalue weighted by Gasteiger charge is 1.98. The Hall–Kier alpha value is -0.590. The van der Waals surface area contributed by atoms with Gasteiger partial charge in [-0.15, -0.1) is 0 Å². The summed E-state index contributed by atoms with van der Waals surface area (Å²) in [6.07, 6.45) is 3.40. The number of hydrogen-bond donors (Lipinski definition) is 2. The van der Waals surface area contributed by atoms with Gasteiger partial charge in [0.15, 0.2) is 0 Å². The van der Waals surface area contributed by atoms with Crippen molar-refractivity contribution in [1.82, 2.24) is 5.32 Å². The van der Waals surface area contributed by atoms with Crippen LogP contribution in [0.15, 0.2) is 0 Å². The molecule has 0 saturated heterocycles. The fourth-order valence-corrected chi connectivity index (χ4v) is 1.02. The lowest BCUT2D eigenvalue weighted by atomic mass is 10.2. The fourth-order valence-electron chi connectivity index (χ4n) is 1.02. The van der Waals surface area contributed by atoms with Gasteiger partial charge in [-0.25, -0.2) is 0 Å². The van der Waals surface area contributed by atoms with Crippen LogP contribution in [0.5, 0.6) is 0 Å². The topological polar surface area (TPSA) is 56.0 Å². The first-order valence-corrected chi connectivity index (χ1v) is 4.52. The normalized spacial score (nSPS) is 12.4. The smallest absolute Gasteiger partial charge is 0.0622 e. The van der Waals surface area contributed by atoms with E-state index in [0.29, 0.717) is 12.5 Å². The van der Waals surface area contributed by atoms with Crippen molar-refractivity contribution in [3.63, 3.8) is 0 Å². The number of nitrogens with one attached hydrogen (secondary N) is 1. The van der Waals surface area contributed by atoms with Crippen molar-refractivity contribution in [3.8, 4) is 6.07 Å². The monoisotopic (exact) mass is 170 g/mol. The molecule has 0 rings (SSSR count). The number of aliphatic hydroxyl groups excluding tert-OH is 1. The highest BCUT2D eigenvalue weighted by molar-refractivity contribution is 4.70. The zero-order valence-electron chi connectivity index (χ0n) is 7.71. The summed E-state index contributed by atoms with van der Waals surface area (Å²) in [4.78, 5) is 0. The van der Waals surface area contributed by atoms with Crippen molar-refractivity contribution in [2.24, 2.45) is 0 Å². The summed E-state index contributed by atoms with van der Waals surface area (Å²) in [6.45, 7) is 3.27. The van der Waals surface area contributed by atoms with Crippen molar-refractivity contribution in [3.05, 3.63) is 0 Å². The molecule has 0 amide bonds. The number of nitrogens with zero attached hydrogens (tertiary/aromatic N) is 1. The van der Waals surface area contributed by atoms with Crippen LogP contribution in [0.3, 0.4) is 0 Å². The van der Waals surface area contributed by atoms with E-state index < -0.39 is 0 Å². The molecule has 0 heterocycles. The van der Waals surface area contributed by atoms with Gasteiger partial charge in [-0.2, -0.15) is 5.26 Å². The van der Waals surface area contributed by atoms with Gasteiger partial charge < -0.3 is 10.4 Å². The third kappa shape index (κ3) is 7.52. The summed E-state index contributed by atoms with van der Waals surface area (Å²) in [5.41, 5.74) is 0. The minimum atomic E-state index is 0.268. The third-order valence-electron chi connectivity index (χ3n) is 1.75. The molecule has 0 spiro atoms. The second kappa shape index (κ2) is 8.51. The van der Waals surface area contributed by atoms with Crippen LogP contribution in [0.25, 0.3) is 0 Å². The summed E-state index contributed by atoms with van der Waals surface area (Å²) in [5.74, 6) is 0. The molecule has 1 unspecified atom stereocenters. The van der Waals surface area contributed by atoms with E-state index in [1.54, 1.807) is 0 Å². The van der Waals surface area contributed by atoms with Gasteiger partial charge >= 0.3 is 0 Å². The Kier molecular flexibility index (Phi) is 8.09. The van der Waals surface area contributed by atoms with Crippen molar-refractivity contribution in [2.45, 2.75) is 38.6 Å². The Bertz CT molecular complexity index is 131. The van der Waals surface area contributed by atoms with E-state index in [1.807, 2.05) is 0 Å². The highest BCUT2D eigenvalue weighted by atomic mass is 16.2. The first-order chi connectivity index (χ1) is 5.81. The van der Waals surface area contributed by atoms with Gasteiger partial charge in [0.05, 0.1) is 6.07 Å². The van der Waals surface area contributed by atoms with E-state index in [2.05, 4.69) is 18.3 Å². The summed E-state index contributed by atoms with van der Waals surface area (Å²) in [5, 5.41) is 20.1. The van der Waals surface area contributed by atoms with E-state index in [9.17, 15) is 0 Å². The zero-order valence-corrected chi connectivity index (χ0v) is 7.71. The molecule has 0 aromatic heterocycles. The second-order valence-electron chi connectivity index (χ2n) is 2.98. The number of hydrogen-bond acceptors (Lipinski definition) is 3. The van der Waals surface area contributed by atoms with E-state index in [4.69, 9.17) is 10.4 Å². The van der Waals surface area contributed by atoms with Crippen LogP contribution in [0.1, 0.15) is 32.6 Å². The maximum Gasteiger partial charge on any atom is 0.0622 e. The van der Waals surface area contributed by atoms with Crippen LogP contribution in [-0.2, 0) is 0 Å². The molecule has 0 bridgehead atoms.